The molecule has 2 saturated heterocycles. The average Bonchev–Trinajstić information content (AvgIpc) is 2.68. The Morgan fingerprint density at radius 3 is 2.71 bits per heavy atom. The normalized spacial score (nSPS) is 31.5. The number of hydrogen-bond acceptors (Lipinski definition) is 3. The highest BCUT2D eigenvalue weighted by atomic mass is 15.4. The number of piperidine rings is 1. The highest BCUT2D eigenvalue weighted by Crippen LogP contribution is 2.16. The third-order valence-electron chi connectivity index (χ3n) is 3.56. The van der Waals surface area contributed by atoms with Gasteiger partial charge in [0.05, 0.1) is 6.67 Å². The molecule has 0 amide bonds. The van der Waals surface area contributed by atoms with Crippen LogP contribution in [0.3, 0.4) is 0 Å². The maximum absolute atomic E-state index is 3.50. The Morgan fingerprint density at radius 1 is 1.29 bits per heavy atom. The second kappa shape index (κ2) is 4.60. The first kappa shape index (κ1) is 10.4. The van der Waals surface area contributed by atoms with Crippen molar-refractivity contribution >= 4 is 0 Å². The van der Waals surface area contributed by atoms with Gasteiger partial charge in [-0.15, -0.1) is 0 Å². The van der Waals surface area contributed by atoms with Crippen molar-refractivity contribution in [3.05, 3.63) is 0 Å². The molecule has 0 radical (unpaired) electrons. The monoisotopic (exact) mass is 197 g/mol. The van der Waals surface area contributed by atoms with Crippen molar-refractivity contribution in [3.63, 3.8) is 0 Å². The van der Waals surface area contributed by atoms with Crippen LogP contribution in [-0.2, 0) is 0 Å². The van der Waals surface area contributed by atoms with Crippen molar-refractivity contribution in [1.29, 1.82) is 0 Å². The molecule has 2 fully saturated rings. The Hall–Kier alpha value is -0.120. The summed E-state index contributed by atoms with van der Waals surface area (Å²) < 4.78 is 0. The van der Waals surface area contributed by atoms with Crippen LogP contribution >= 0.6 is 0 Å². The summed E-state index contributed by atoms with van der Waals surface area (Å²) in [5.74, 6) is 0. The molecule has 0 aromatic carbocycles. The van der Waals surface area contributed by atoms with E-state index in [1.165, 1.54) is 45.7 Å². The van der Waals surface area contributed by atoms with Gasteiger partial charge in [-0.05, 0) is 33.2 Å². The van der Waals surface area contributed by atoms with E-state index in [-0.39, 0.29) is 0 Å². The van der Waals surface area contributed by atoms with E-state index in [1.807, 2.05) is 0 Å². The van der Waals surface area contributed by atoms with Crippen LogP contribution in [0.4, 0.5) is 0 Å². The minimum atomic E-state index is 0.705. The van der Waals surface area contributed by atoms with E-state index in [0.717, 1.165) is 6.04 Å². The van der Waals surface area contributed by atoms with Gasteiger partial charge in [0, 0.05) is 31.7 Å². The second-order valence-corrected chi connectivity index (χ2v) is 4.86. The Morgan fingerprint density at radius 2 is 2.14 bits per heavy atom. The van der Waals surface area contributed by atoms with Crippen LogP contribution in [0.15, 0.2) is 0 Å². The third kappa shape index (κ3) is 2.27. The Kier molecular flexibility index (Phi) is 3.42. The molecule has 2 heterocycles. The van der Waals surface area contributed by atoms with E-state index in [2.05, 4.69) is 29.0 Å². The minimum absolute atomic E-state index is 0.705. The standard InChI is InChI=1S/C11H23N3/c1-10(2)13-6-7-14(9-13)11-4-3-5-12-8-11/h10-12H,3-9H2,1-2H3. The first-order valence-corrected chi connectivity index (χ1v) is 5.96. The van der Waals surface area contributed by atoms with Crippen molar-refractivity contribution in [2.45, 2.75) is 38.8 Å². The lowest BCUT2D eigenvalue weighted by Crippen LogP contribution is -2.45. The lowest BCUT2D eigenvalue weighted by atomic mass is 10.1. The Balaban J connectivity index is 1.82. The molecule has 0 aliphatic carbocycles. The zero-order valence-electron chi connectivity index (χ0n) is 9.50. The van der Waals surface area contributed by atoms with Crippen molar-refractivity contribution < 1.29 is 0 Å². The summed E-state index contributed by atoms with van der Waals surface area (Å²) >= 11 is 0. The van der Waals surface area contributed by atoms with Gasteiger partial charge in [0.25, 0.3) is 0 Å². The molecule has 0 aromatic rings. The van der Waals surface area contributed by atoms with E-state index < -0.39 is 0 Å². The van der Waals surface area contributed by atoms with Gasteiger partial charge >= 0.3 is 0 Å². The van der Waals surface area contributed by atoms with E-state index in [4.69, 9.17) is 0 Å². The molecule has 1 unspecified atom stereocenters. The van der Waals surface area contributed by atoms with E-state index in [9.17, 15) is 0 Å². The molecular weight excluding hydrogens is 174 g/mol. The average molecular weight is 197 g/mol. The van der Waals surface area contributed by atoms with Crippen molar-refractivity contribution in [3.8, 4) is 0 Å². The first-order valence-electron chi connectivity index (χ1n) is 5.96. The summed E-state index contributed by atoms with van der Waals surface area (Å²) in [5, 5.41) is 3.50. The highest BCUT2D eigenvalue weighted by Gasteiger charge is 2.28. The van der Waals surface area contributed by atoms with Gasteiger partial charge in [0.1, 0.15) is 0 Å². The molecule has 0 bridgehead atoms. The number of nitrogens with one attached hydrogen (secondary N) is 1. The van der Waals surface area contributed by atoms with Gasteiger partial charge in [-0.25, -0.2) is 0 Å². The van der Waals surface area contributed by atoms with Gasteiger partial charge in [-0.1, -0.05) is 0 Å². The van der Waals surface area contributed by atoms with E-state index in [1.54, 1.807) is 0 Å². The fourth-order valence-corrected chi connectivity index (χ4v) is 2.50. The molecule has 3 nitrogen and oxygen atoms in total. The molecule has 1 N–H and O–H groups in total. The summed E-state index contributed by atoms with van der Waals surface area (Å²) in [6.45, 7) is 10.7. The predicted octanol–water partition coefficient (Wildman–Crippen LogP) is 0.722. The van der Waals surface area contributed by atoms with Crippen LogP contribution in [0.2, 0.25) is 0 Å². The SMILES string of the molecule is CC(C)N1CCN(C2CCCNC2)C1. The van der Waals surface area contributed by atoms with Crippen LogP contribution < -0.4 is 5.32 Å². The minimum Gasteiger partial charge on any atom is -0.315 e. The van der Waals surface area contributed by atoms with Gasteiger partial charge in [-0.2, -0.15) is 0 Å². The molecular formula is C11H23N3. The van der Waals surface area contributed by atoms with Crippen LogP contribution in [0.1, 0.15) is 26.7 Å². The maximum atomic E-state index is 3.50. The molecule has 0 saturated carbocycles. The Bertz CT molecular complexity index is 175. The van der Waals surface area contributed by atoms with Crippen LogP contribution in [0, 0.1) is 0 Å². The first-order chi connectivity index (χ1) is 6.77. The fourth-order valence-electron chi connectivity index (χ4n) is 2.50. The largest absolute Gasteiger partial charge is 0.315 e. The fraction of sp³-hybridized carbons (Fsp3) is 1.00. The number of rotatable bonds is 2. The summed E-state index contributed by atoms with van der Waals surface area (Å²) in [6.07, 6.45) is 2.74. The predicted molar refractivity (Wildman–Crippen MR) is 59.3 cm³/mol. The molecule has 2 aliphatic rings. The topological polar surface area (TPSA) is 18.5 Å². The van der Waals surface area contributed by atoms with Gasteiger partial charge < -0.3 is 5.32 Å². The number of hydrogen-bond donors (Lipinski definition) is 1. The van der Waals surface area contributed by atoms with Crippen LogP contribution in [0.5, 0.6) is 0 Å². The zero-order chi connectivity index (χ0) is 9.97. The Labute approximate surface area is 87.4 Å². The van der Waals surface area contributed by atoms with Gasteiger partial charge in [0.2, 0.25) is 0 Å². The second-order valence-electron chi connectivity index (χ2n) is 4.86. The quantitative estimate of drug-likeness (QED) is 0.704. The summed E-state index contributed by atoms with van der Waals surface area (Å²) in [5.41, 5.74) is 0. The summed E-state index contributed by atoms with van der Waals surface area (Å²) in [6, 6.07) is 1.50. The van der Waals surface area contributed by atoms with Crippen molar-refractivity contribution in [1.82, 2.24) is 15.1 Å². The van der Waals surface area contributed by atoms with Crippen molar-refractivity contribution in [2.75, 3.05) is 32.8 Å². The van der Waals surface area contributed by atoms with E-state index >= 15 is 0 Å². The smallest absolute Gasteiger partial charge is 0.0512 e. The van der Waals surface area contributed by atoms with Crippen LogP contribution in [-0.4, -0.2) is 54.7 Å². The summed E-state index contributed by atoms with van der Waals surface area (Å²) in [4.78, 5) is 5.21. The molecule has 3 heteroatoms. The lowest BCUT2D eigenvalue weighted by Gasteiger charge is -2.32. The number of nitrogens with zero attached hydrogens (tertiary/aromatic N) is 2. The lowest BCUT2D eigenvalue weighted by molar-refractivity contribution is 0.152. The molecule has 0 spiro atoms. The van der Waals surface area contributed by atoms with Crippen LogP contribution in [0.25, 0.3) is 0 Å². The molecule has 1 atom stereocenters. The van der Waals surface area contributed by atoms with Crippen molar-refractivity contribution in [2.24, 2.45) is 0 Å². The molecule has 14 heavy (non-hydrogen) atoms. The maximum Gasteiger partial charge on any atom is 0.0512 e. The molecule has 2 aliphatic heterocycles. The molecule has 0 aromatic heterocycles. The summed E-state index contributed by atoms with van der Waals surface area (Å²) in [7, 11) is 0. The molecule has 82 valence electrons. The third-order valence-corrected chi connectivity index (χ3v) is 3.56. The molecule has 2 rings (SSSR count). The van der Waals surface area contributed by atoms with Gasteiger partial charge in [-0.3, -0.25) is 9.80 Å². The van der Waals surface area contributed by atoms with E-state index in [0.29, 0.717) is 6.04 Å². The van der Waals surface area contributed by atoms with Gasteiger partial charge in [0.15, 0.2) is 0 Å². The zero-order valence-corrected chi connectivity index (χ0v) is 9.50. The highest BCUT2D eigenvalue weighted by molar-refractivity contribution is 4.83.